The van der Waals surface area contributed by atoms with Crippen molar-refractivity contribution in [1.29, 1.82) is 0 Å². The van der Waals surface area contributed by atoms with Crippen molar-refractivity contribution in [1.82, 2.24) is 20.1 Å². The maximum Gasteiger partial charge on any atom is 0.147 e. The van der Waals surface area contributed by atoms with Crippen LogP contribution in [-0.2, 0) is 19.5 Å². The molecule has 0 bridgehead atoms. The zero-order valence-corrected chi connectivity index (χ0v) is 11.1. The van der Waals surface area contributed by atoms with Crippen LogP contribution in [0.4, 0.5) is 0 Å². The molecule has 0 amide bonds. The minimum Gasteiger partial charge on any atom is -0.314 e. The minimum atomic E-state index is 0.622. The Hall–Kier alpha value is -0.900. The zero-order chi connectivity index (χ0) is 12.1. The van der Waals surface area contributed by atoms with Gasteiger partial charge in [0.2, 0.25) is 0 Å². The summed E-state index contributed by atoms with van der Waals surface area (Å²) in [5, 5.41) is 12.2. The van der Waals surface area contributed by atoms with Crippen molar-refractivity contribution in [2.45, 2.75) is 71.5 Å². The van der Waals surface area contributed by atoms with Crippen LogP contribution in [0.3, 0.4) is 0 Å². The van der Waals surface area contributed by atoms with Gasteiger partial charge in [0.05, 0.1) is 6.54 Å². The van der Waals surface area contributed by atoms with Crippen LogP contribution in [0.1, 0.15) is 57.6 Å². The highest BCUT2D eigenvalue weighted by molar-refractivity contribution is 4.98. The van der Waals surface area contributed by atoms with Gasteiger partial charge in [-0.05, 0) is 25.7 Å². The van der Waals surface area contributed by atoms with Crippen LogP contribution >= 0.6 is 0 Å². The van der Waals surface area contributed by atoms with E-state index in [1.54, 1.807) is 0 Å². The van der Waals surface area contributed by atoms with Crippen LogP contribution < -0.4 is 5.32 Å². The van der Waals surface area contributed by atoms with Crippen molar-refractivity contribution in [3.8, 4) is 0 Å². The van der Waals surface area contributed by atoms with Crippen LogP contribution in [0.5, 0.6) is 0 Å². The number of hydrogen-bond donors (Lipinski definition) is 1. The van der Waals surface area contributed by atoms with E-state index in [1.165, 1.54) is 37.9 Å². The lowest BCUT2D eigenvalue weighted by Gasteiger charge is -2.18. The molecule has 2 rings (SSSR count). The van der Waals surface area contributed by atoms with Gasteiger partial charge in [-0.1, -0.05) is 20.3 Å². The predicted molar refractivity (Wildman–Crippen MR) is 68.8 cm³/mol. The predicted octanol–water partition coefficient (Wildman–Crippen LogP) is 2.28. The van der Waals surface area contributed by atoms with Crippen LogP contribution in [-0.4, -0.2) is 20.8 Å². The van der Waals surface area contributed by atoms with E-state index in [2.05, 4.69) is 33.9 Å². The van der Waals surface area contributed by atoms with Gasteiger partial charge in [0, 0.05) is 19.0 Å². The van der Waals surface area contributed by atoms with E-state index in [0.717, 1.165) is 25.3 Å². The lowest BCUT2D eigenvalue weighted by molar-refractivity contribution is 0.438. The van der Waals surface area contributed by atoms with Gasteiger partial charge in [-0.2, -0.15) is 0 Å². The summed E-state index contributed by atoms with van der Waals surface area (Å²) in [6.07, 6.45) is 7.30. The fraction of sp³-hybridized carbons (Fsp3) is 0.846. The molecule has 4 nitrogen and oxygen atoms in total. The van der Waals surface area contributed by atoms with Crippen molar-refractivity contribution in [3.63, 3.8) is 0 Å². The summed E-state index contributed by atoms with van der Waals surface area (Å²) >= 11 is 0. The van der Waals surface area contributed by atoms with Gasteiger partial charge >= 0.3 is 0 Å². The molecule has 0 saturated heterocycles. The first-order valence-corrected chi connectivity index (χ1v) is 6.99. The Morgan fingerprint density at radius 3 is 2.94 bits per heavy atom. The Morgan fingerprint density at radius 2 is 2.18 bits per heavy atom. The maximum atomic E-state index is 4.31. The summed E-state index contributed by atoms with van der Waals surface area (Å²) in [6.45, 7) is 6.45. The molecule has 96 valence electrons. The average molecular weight is 236 g/mol. The van der Waals surface area contributed by atoms with Crippen LogP contribution in [0.2, 0.25) is 0 Å². The Bertz CT molecular complexity index is 345. The van der Waals surface area contributed by atoms with E-state index in [4.69, 9.17) is 0 Å². The summed E-state index contributed by atoms with van der Waals surface area (Å²) in [5.41, 5.74) is 0. The molecule has 1 N–H and O–H groups in total. The van der Waals surface area contributed by atoms with Gasteiger partial charge in [0.25, 0.3) is 0 Å². The molecule has 1 atom stereocenters. The van der Waals surface area contributed by atoms with E-state index in [1.807, 2.05) is 0 Å². The highest BCUT2D eigenvalue weighted by atomic mass is 15.3. The lowest BCUT2D eigenvalue weighted by Crippen LogP contribution is -2.29. The van der Waals surface area contributed by atoms with Gasteiger partial charge in [-0.3, -0.25) is 0 Å². The molecule has 0 spiro atoms. The average Bonchev–Trinajstić information content (AvgIpc) is 2.78. The molecule has 0 aromatic carbocycles. The lowest BCUT2D eigenvalue weighted by atomic mass is 10.1. The fourth-order valence-corrected chi connectivity index (χ4v) is 2.53. The van der Waals surface area contributed by atoms with E-state index >= 15 is 0 Å². The number of fused-ring (bicyclic) bond motifs is 1. The largest absolute Gasteiger partial charge is 0.314 e. The zero-order valence-electron chi connectivity index (χ0n) is 11.1. The molecule has 1 aromatic heterocycles. The van der Waals surface area contributed by atoms with Crippen LogP contribution in [0.25, 0.3) is 0 Å². The molecule has 0 saturated carbocycles. The van der Waals surface area contributed by atoms with Gasteiger partial charge in [0.1, 0.15) is 11.6 Å². The number of aromatic nitrogens is 3. The Morgan fingerprint density at radius 1 is 1.29 bits per heavy atom. The third kappa shape index (κ3) is 3.06. The third-order valence-corrected chi connectivity index (χ3v) is 3.61. The van der Waals surface area contributed by atoms with Crippen molar-refractivity contribution in [2.24, 2.45) is 0 Å². The third-order valence-electron chi connectivity index (χ3n) is 3.61. The second kappa shape index (κ2) is 6.15. The first-order chi connectivity index (χ1) is 8.35. The number of aryl methyl sites for hydroxylation is 1. The summed E-state index contributed by atoms with van der Waals surface area (Å²) in [7, 11) is 0. The fourth-order valence-electron chi connectivity index (χ4n) is 2.53. The Balaban J connectivity index is 1.92. The standard InChI is InChI=1S/C13H24N4/c1-3-7-11(4-2)14-10-13-16-15-12-8-5-6-9-17(12)13/h11,14H,3-10H2,1-2H3. The molecule has 1 aromatic rings. The molecule has 1 aliphatic heterocycles. The second-order valence-electron chi connectivity index (χ2n) is 4.92. The molecule has 0 aliphatic carbocycles. The molecule has 1 unspecified atom stereocenters. The van der Waals surface area contributed by atoms with Gasteiger partial charge < -0.3 is 9.88 Å². The quantitative estimate of drug-likeness (QED) is 0.824. The Kier molecular flexibility index (Phi) is 4.54. The van der Waals surface area contributed by atoms with Crippen molar-refractivity contribution < 1.29 is 0 Å². The highest BCUT2D eigenvalue weighted by Crippen LogP contribution is 2.14. The normalized spacial score (nSPS) is 16.8. The molecule has 1 aliphatic rings. The summed E-state index contributed by atoms with van der Waals surface area (Å²) < 4.78 is 2.30. The molecule has 0 radical (unpaired) electrons. The van der Waals surface area contributed by atoms with Crippen molar-refractivity contribution in [3.05, 3.63) is 11.6 Å². The molecule has 17 heavy (non-hydrogen) atoms. The van der Waals surface area contributed by atoms with Crippen LogP contribution in [0.15, 0.2) is 0 Å². The summed E-state index contributed by atoms with van der Waals surface area (Å²) in [5.74, 6) is 2.30. The number of nitrogens with zero attached hydrogens (tertiary/aromatic N) is 3. The van der Waals surface area contributed by atoms with Crippen molar-refractivity contribution in [2.75, 3.05) is 0 Å². The number of nitrogens with one attached hydrogen (secondary N) is 1. The summed E-state index contributed by atoms with van der Waals surface area (Å²) in [6, 6.07) is 0.622. The van der Waals surface area contributed by atoms with Gasteiger partial charge in [-0.25, -0.2) is 0 Å². The van der Waals surface area contributed by atoms with E-state index in [9.17, 15) is 0 Å². The van der Waals surface area contributed by atoms with Crippen molar-refractivity contribution >= 4 is 0 Å². The first kappa shape index (κ1) is 12.6. The minimum absolute atomic E-state index is 0.622. The second-order valence-corrected chi connectivity index (χ2v) is 4.92. The van der Waals surface area contributed by atoms with E-state index in [0.29, 0.717) is 6.04 Å². The monoisotopic (exact) mass is 236 g/mol. The SMILES string of the molecule is CCCC(CC)NCc1nnc2n1CCCC2. The molecular weight excluding hydrogens is 212 g/mol. The van der Waals surface area contributed by atoms with E-state index < -0.39 is 0 Å². The molecule has 4 heteroatoms. The highest BCUT2D eigenvalue weighted by Gasteiger charge is 2.16. The molecule has 0 fully saturated rings. The van der Waals surface area contributed by atoms with Crippen LogP contribution in [0, 0.1) is 0 Å². The van der Waals surface area contributed by atoms with Gasteiger partial charge in [-0.15, -0.1) is 10.2 Å². The van der Waals surface area contributed by atoms with E-state index in [-0.39, 0.29) is 0 Å². The van der Waals surface area contributed by atoms with Gasteiger partial charge in [0.15, 0.2) is 0 Å². The molecular formula is C13H24N4. The summed E-state index contributed by atoms with van der Waals surface area (Å²) in [4.78, 5) is 0. The molecule has 2 heterocycles. The first-order valence-electron chi connectivity index (χ1n) is 6.99. The Labute approximate surface area is 104 Å². The maximum absolute atomic E-state index is 4.31. The topological polar surface area (TPSA) is 42.7 Å². The number of hydrogen-bond acceptors (Lipinski definition) is 3. The smallest absolute Gasteiger partial charge is 0.147 e. The number of rotatable bonds is 6.